The molecule has 1 aromatic rings. The molecule has 0 aliphatic carbocycles. The Morgan fingerprint density at radius 3 is 3.00 bits per heavy atom. The molecule has 2 rings (SSSR count). The molecule has 2 heterocycles. The monoisotopic (exact) mass is 317 g/mol. The van der Waals surface area contributed by atoms with Crippen LogP contribution in [0.25, 0.3) is 0 Å². The fraction of sp³-hybridized carbons (Fsp3) is 0.692. The first-order valence-corrected chi connectivity index (χ1v) is 7.91. The summed E-state index contributed by atoms with van der Waals surface area (Å²) in [5, 5.41) is 0. The number of aryl methyl sites for hydroxylation is 1. The zero-order valence-corrected chi connectivity index (χ0v) is 12.6. The zero-order chi connectivity index (χ0) is 12.3. The number of hydrogen-bond donors (Lipinski definition) is 1. The Hall–Kier alpha value is 0.100. The van der Waals surface area contributed by atoms with E-state index in [0.717, 1.165) is 19.4 Å². The van der Waals surface area contributed by atoms with E-state index in [4.69, 9.17) is 10.5 Å². The van der Waals surface area contributed by atoms with E-state index in [-0.39, 0.29) is 6.04 Å². The van der Waals surface area contributed by atoms with Gasteiger partial charge in [0.05, 0.1) is 9.89 Å². The number of ether oxygens (including phenoxy) is 1. The Bertz CT molecular complexity index is 341. The molecular formula is C13H20BrNOS. The Morgan fingerprint density at radius 1 is 1.59 bits per heavy atom. The Labute approximate surface area is 116 Å². The van der Waals surface area contributed by atoms with Gasteiger partial charge in [0.1, 0.15) is 0 Å². The van der Waals surface area contributed by atoms with Crippen LogP contribution in [0.2, 0.25) is 0 Å². The lowest BCUT2D eigenvalue weighted by molar-refractivity contribution is 0.00917. The molecule has 1 aliphatic heterocycles. The lowest BCUT2D eigenvalue weighted by Crippen LogP contribution is -2.21. The molecule has 0 radical (unpaired) electrons. The lowest BCUT2D eigenvalue weighted by atomic mass is 10.0. The molecule has 17 heavy (non-hydrogen) atoms. The van der Waals surface area contributed by atoms with E-state index in [9.17, 15) is 0 Å². The summed E-state index contributed by atoms with van der Waals surface area (Å²) in [7, 11) is 0. The minimum Gasteiger partial charge on any atom is -0.378 e. The van der Waals surface area contributed by atoms with Crippen molar-refractivity contribution in [3.8, 4) is 0 Å². The summed E-state index contributed by atoms with van der Waals surface area (Å²) >= 11 is 5.31. The van der Waals surface area contributed by atoms with Crippen LogP contribution in [0.4, 0.5) is 0 Å². The average Bonchev–Trinajstić information content (AvgIpc) is 2.68. The van der Waals surface area contributed by atoms with Gasteiger partial charge in [-0.1, -0.05) is 0 Å². The SMILES string of the molecule is Cc1cc(C(N)CCC2CCCCO2)sc1Br. The van der Waals surface area contributed by atoms with Crippen molar-refractivity contribution in [1.82, 2.24) is 0 Å². The highest BCUT2D eigenvalue weighted by atomic mass is 79.9. The second-order valence-corrected chi connectivity index (χ2v) is 7.18. The van der Waals surface area contributed by atoms with Gasteiger partial charge in [-0.05, 0) is 66.6 Å². The highest BCUT2D eigenvalue weighted by molar-refractivity contribution is 9.11. The Kier molecular flexibility index (Phi) is 5.03. The number of halogens is 1. The second-order valence-electron chi connectivity index (χ2n) is 4.78. The number of thiophene rings is 1. The van der Waals surface area contributed by atoms with Gasteiger partial charge in [-0.25, -0.2) is 0 Å². The average molecular weight is 318 g/mol. The van der Waals surface area contributed by atoms with Crippen molar-refractivity contribution < 1.29 is 4.74 Å². The maximum Gasteiger partial charge on any atom is 0.0731 e. The van der Waals surface area contributed by atoms with Crippen molar-refractivity contribution in [2.75, 3.05) is 6.61 Å². The van der Waals surface area contributed by atoms with Crippen LogP contribution in [0.1, 0.15) is 48.6 Å². The summed E-state index contributed by atoms with van der Waals surface area (Å²) in [5.41, 5.74) is 7.51. The number of hydrogen-bond acceptors (Lipinski definition) is 3. The third-order valence-electron chi connectivity index (χ3n) is 3.32. The third kappa shape index (κ3) is 3.78. The van der Waals surface area contributed by atoms with E-state index >= 15 is 0 Å². The highest BCUT2D eigenvalue weighted by Crippen LogP contribution is 2.32. The molecule has 0 spiro atoms. The third-order valence-corrected chi connectivity index (χ3v) is 5.58. The fourth-order valence-electron chi connectivity index (χ4n) is 2.21. The summed E-state index contributed by atoms with van der Waals surface area (Å²) in [5.74, 6) is 0. The first-order chi connectivity index (χ1) is 8.16. The molecule has 4 heteroatoms. The predicted octanol–water partition coefficient (Wildman–Crippen LogP) is 4.17. The second kappa shape index (κ2) is 6.32. The van der Waals surface area contributed by atoms with Crippen LogP contribution in [0.15, 0.2) is 9.85 Å². The molecule has 1 aliphatic rings. The van der Waals surface area contributed by atoms with Gasteiger partial charge in [-0.3, -0.25) is 0 Å². The lowest BCUT2D eigenvalue weighted by Gasteiger charge is -2.23. The normalized spacial score (nSPS) is 22.6. The Balaban J connectivity index is 1.82. The standard InChI is InChI=1S/C13H20BrNOS/c1-9-8-12(17-13(9)14)11(15)6-5-10-4-2-3-7-16-10/h8,10-11H,2-7,15H2,1H3. The maximum absolute atomic E-state index is 6.23. The van der Waals surface area contributed by atoms with E-state index in [1.54, 1.807) is 11.3 Å². The minimum absolute atomic E-state index is 0.163. The van der Waals surface area contributed by atoms with E-state index in [2.05, 4.69) is 28.9 Å². The summed E-state index contributed by atoms with van der Waals surface area (Å²) in [4.78, 5) is 1.28. The molecule has 96 valence electrons. The molecule has 0 bridgehead atoms. The highest BCUT2D eigenvalue weighted by Gasteiger charge is 2.17. The van der Waals surface area contributed by atoms with Crippen molar-refractivity contribution in [1.29, 1.82) is 0 Å². The van der Waals surface area contributed by atoms with Crippen LogP contribution in [-0.4, -0.2) is 12.7 Å². The molecule has 0 amide bonds. The largest absolute Gasteiger partial charge is 0.378 e. The summed E-state index contributed by atoms with van der Waals surface area (Å²) in [6, 6.07) is 2.36. The first-order valence-electron chi connectivity index (χ1n) is 6.30. The van der Waals surface area contributed by atoms with Gasteiger partial charge in [-0.2, -0.15) is 0 Å². The fourth-order valence-corrected chi connectivity index (χ4v) is 3.82. The molecule has 2 N–H and O–H groups in total. The molecule has 1 fully saturated rings. The topological polar surface area (TPSA) is 35.2 Å². The van der Waals surface area contributed by atoms with Gasteiger partial charge >= 0.3 is 0 Å². The van der Waals surface area contributed by atoms with Crippen molar-refractivity contribution in [2.24, 2.45) is 5.73 Å². The van der Waals surface area contributed by atoms with Crippen LogP contribution in [0, 0.1) is 6.92 Å². The smallest absolute Gasteiger partial charge is 0.0731 e. The van der Waals surface area contributed by atoms with Gasteiger partial charge in [0, 0.05) is 17.5 Å². The Morgan fingerprint density at radius 2 is 2.41 bits per heavy atom. The summed E-state index contributed by atoms with van der Waals surface area (Å²) in [6.45, 7) is 3.05. The summed E-state index contributed by atoms with van der Waals surface area (Å²) in [6.07, 6.45) is 6.30. The van der Waals surface area contributed by atoms with E-state index in [1.165, 1.54) is 33.5 Å². The van der Waals surface area contributed by atoms with Gasteiger partial charge in [0.25, 0.3) is 0 Å². The van der Waals surface area contributed by atoms with Crippen LogP contribution in [-0.2, 0) is 4.74 Å². The number of rotatable bonds is 4. The molecule has 1 saturated heterocycles. The molecule has 2 nitrogen and oxygen atoms in total. The van der Waals surface area contributed by atoms with Crippen LogP contribution >= 0.6 is 27.3 Å². The van der Waals surface area contributed by atoms with Crippen LogP contribution in [0.5, 0.6) is 0 Å². The van der Waals surface area contributed by atoms with E-state index in [1.807, 2.05) is 0 Å². The van der Waals surface area contributed by atoms with Crippen molar-refractivity contribution in [3.63, 3.8) is 0 Å². The van der Waals surface area contributed by atoms with E-state index < -0.39 is 0 Å². The molecule has 2 unspecified atom stereocenters. The van der Waals surface area contributed by atoms with Gasteiger partial charge in [-0.15, -0.1) is 11.3 Å². The quantitative estimate of drug-likeness (QED) is 0.904. The molecular weight excluding hydrogens is 298 g/mol. The molecule has 0 aromatic carbocycles. The van der Waals surface area contributed by atoms with Gasteiger partial charge in [0.15, 0.2) is 0 Å². The zero-order valence-electron chi connectivity index (χ0n) is 10.2. The summed E-state index contributed by atoms with van der Waals surface area (Å²) < 4.78 is 6.94. The van der Waals surface area contributed by atoms with Gasteiger partial charge in [0.2, 0.25) is 0 Å². The number of nitrogens with two attached hydrogens (primary N) is 1. The molecule has 1 aromatic heterocycles. The van der Waals surface area contributed by atoms with Crippen molar-refractivity contribution in [3.05, 3.63) is 20.3 Å². The van der Waals surface area contributed by atoms with Crippen LogP contribution < -0.4 is 5.73 Å². The first kappa shape index (κ1) is 13.5. The predicted molar refractivity (Wildman–Crippen MR) is 76.5 cm³/mol. The van der Waals surface area contributed by atoms with Crippen molar-refractivity contribution in [2.45, 2.75) is 51.2 Å². The molecule has 0 saturated carbocycles. The van der Waals surface area contributed by atoms with Gasteiger partial charge < -0.3 is 10.5 Å². The van der Waals surface area contributed by atoms with Crippen molar-refractivity contribution >= 4 is 27.3 Å². The van der Waals surface area contributed by atoms with E-state index in [0.29, 0.717) is 6.10 Å². The molecule has 2 atom stereocenters. The minimum atomic E-state index is 0.163. The van der Waals surface area contributed by atoms with Crippen LogP contribution in [0.3, 0.4) is 0 Å². The maximum atomic E-state index is 6.23.